The van der Waals surface area contributed by atoms with Gasteiger partial charge in [-0.05, 0) is 43.9 Å². The third kappa shape index (κ3) is 2.97. The van der Waals surface area contributed by atoms with Crippen LogP contribution in [0.5, 0.6) is 0 Å². The minimum absolute atomic E-state index is 0.558. The zero-order valence-corrected chi connectivity index (χ0v) is 12.5. The second-order valence-electron chi connectivity index (χ2n) is 5.90. The molecule has 1 atom stereocenters. The number of unbranched alkanes of at least 4 members (excludes halogenated alkanes) is 1. The van der Waals surface area contributed by atoms with Gasteiger partial charge in [0.05, 0.1) is 0 Å². The van der Waals surface area contributed by atoms with Crippen molar-refractivity contribution in [2.45, 2.75) is 64.3 Å². The monoisotopic (exact) mass is 272 g/mol. The fraction of sp³-hybridized carbons (Fsp3) is 0.588. The molecule has 0 spiro atoms. The highest BCUT2D eigenvalue weighted by molar-refractivity contribution is 5.77. The molecule has 3 nitrogen and oxygen atoms in total. The van der Waals surface area contributed by atoms with Gasteiger partial charge in [-0.2, -0.15) is 0 Å². The van der Waals surface area contributed by atoms with Gasteiger partial charge < -0.3 is 9.73 Å². The van der Waals surface area contributed by atoms with Crippen LogP contribution in [0.1, 0.15) is 64.2 Å². The zero-order valence-electron chi connectivity index (χ0n) is 12.5. The van der Waals surface area contributed by atoms with E-state index in [0.717, 1.165) is 29.1 Å². The molecule has 0 saturated heterocycles. The van der Waals surface area contributed by atoms with Crippen molar-refractivity contribution >= 4 is 16.8 Å². The van der Waals surface area contributed by atoms with E-state index in [1.165, 1.54) is 32.1 Å². The number of benzene rings is 1. The minimum atomic E-state index is 0.558. The number of rotatable bonds is 7. The van der Waals surface area contributed by atoms with Gasteiger partial charge in [-0.1, -0.05) is 26.7 Å². The third-order valence-corrected chi connectivity index (χ3v) is 4.10. The maximum Gasteiger partial charge on any atom is 0.198 e. The van der Waals surface area contributed by atoms with Crippen molar-refractivity contribution in [2.75, 3.05) is 5.32 Å². The molecule has 1 unspecified atom stereocenters. The smallest absolute Gasteiger partial charge is 0.198 e. The van der Waals surface area contributed by atoms with E-state index < -0.39 is 0 Å². The zero-order chi connectivity index (χ0) is 13.9. The number of oxazole rings is 1. The minimum Gasteiger partial charge on any atom is -0.440 e. The molecular weight excluding hydrogens is 248 g/mol. The fourth-order valence-electron chi connectivity index (χ4n) is 2.60. The van der Waals surface area contributed by atoms with Crippen LogP contribution in [0.25, 0.3) is 11.1 Å². The molecule has 3 heteroatoms. The van der Waals surface area contributed by atoms with Crippen LogP contribution in [0.3, 0.4) is 0 Å². The van der Waals surface area contributed by atoms with Gasteiger partial charge in [0.1, 0.15) is 5.52 Å². The van der Waals surface area contributed by atoms with E-state index in [0.29, 0.717) is 12.0 Å². The lowest BCUT2D eigenvalue weighted by Gasteiger charge is -2.17. The molecule has 1 N–H and O–H groups in total. The summed E-state index contributed by atoms with van der Waals surface area (Å²) >= 11 is 0. The average Bonchev–Trinajstić information content (AvgIpc) is 3.23. The third-order valence-electron chi connectivity index (χ3n) is 4.10. The van der Waals surface area contributed by atoms with Crippen LogP contribution in [0.15, 0.2) is 22.6 Å². The van der Waals surface area contributed by atoms with Crippen molar-refractivity contribution in [1.29, 1.82) is 0 Å². The Hall–Kier alpha value is -1.51. The predicted octanol–water partition coefficient (Wildman–Crippen LogP) is 5.09. The second-order valence-corrected chi connectivity index (χ2v) is 5.90. The lowest BCUT2D eigenvalue weighted by molar-refractivity contribution is 0.533. The quantitative estimate of drug-likeness (QED) is 0.763. The average molecular weight is 272 g/mol. The molecule has 3 rings (SSSR count). The summed E-state index contributed by atoms with van der Waals surface area (Å²) < 4.78 is 5.80. The van der Waals surface area contributed by atoms with E-state index in [4.69, 9.17) is 4.42 Å². The summed E-state index contributed by atoms with van der Waals surface area (Å²) in [6.07, 6.45) is 7.38. The first-order valence-corrected chi connectivity index (χ1v) is 7.97. The van der Waals surface area contributed by atoms with Crippen LogP contribution in [0.4, 0.5) is 5.69 Å². The maximum absolute atomic E-state index is 5.80. The molecule has 0 amide bonds. The molecule has 1 fully saturated rings. The van der Waals surface area contributed by atoms with Crippen LogP contribution < -0.4 is 5.32 Å². The normalized spacial score (nSPS) is 16.5. The first-order chi connectivity index (χ1) is 9.80. The largest absolute Gasteiger partial charge is 0.440 e. The summed E-state index contributed by atoms with van der Waals surface area (Å²) in [5.74, 6) is 1.50. The van der Waals surface area contributed by atoms with Gasteiger partial charge in [0.15, 0.2) is 11.5 Å². The van der Waals surface area contributed by atoms with E-state index in [2.05, 4.69) is 36.3 Å². The lowest BCUT2D eigenvalue weighted by atomic mass is 10.1. The van der Waals surface area contributed by atoms with Gasteiger partial charge in [0.2, 0.25) is 0 Å². The summed E-state index contributed by atoms with van der Waals surface area (Å²) in [7, 11) is 0. The molecule has 1 aromatic heterocycles. The molecular formula is C17H24N2O. The SMILES string of the molecule is CCCCC(CC)Nc1ccc2oc(C3CC3)nc2c1. The van der Waals surface area contributed by atoms with Crippen molar-refractivity contribution in [3.8, 4) is 0 Å². The number of hydrogen-bond acceptors (Lipinski definition) is 3. The van der Waals surface area contributed by atoms with Gasteiger partial charge in [-0.15, -0.1) is 0 Å². The first kappa shape index (κ1) is 13.5. The number of nitrogens with one attached hydrogen (secondary N) is 1. The van der Waals surface area contributed by atoms with Crippen LogP contribution in [-0.4, -0.2) is 11.0 Å². The molecule has 2 aromatic rings. The van der Waals surface area contributed by atoms with Crippen LogP contribution in [0, 0.1) is 0 Å². The van der Waals surface area contributed by atoms with Crippen LogP contribution in [0.2, 0.25) is 0 Å². The summed E-state index contributed by atoms with van der Waals surface area (Å²) in [4.78, 5) is 4.62. The van der Waals surface area contributed by atoms with E-state index in [1.807, 2.05) is 6.07 Å². The van der Waals surface area contributed by atoms with Gasteiger partial charge in [0.25, 0.3) is 0 Å². The molecule has 1 saturated carbocycles. The molecule has 1 aliphatic rings. The number of anilines is 1. The number of fused-ring (bicyclic) bond motifs is 1. The molecule has 0 bridgehead atoms. The Morgan fingerprint density at radius 3 is 2.90 bits per heavy atom. The van der Waals surface area contributed by atoms with Crippen molar-refractivity contribution in [3.63, 3.8) is 0 Å². The maximum atomic E-state index is 5.80. The summed E-state index contributed by atoms with van der Waals surface area (Å²) in [6.45, 7) is 4.49. The standard InChI is InChI=1S/C17H24N2O/c1-3-5-6-13(4-2)18-14-9-10-16-15(11-14)19-17(20-16)12-7-8-12/h9-13,18H,3-8H2,1-2H3. The highest BCUT2D eigenvalue weighted by Crippen LogP contribution is 2.40. The number of hydrogen-bond donors (Lipinski definition) is 1. The Kier molecular flexibility index (Phi) is 3.95. The van der Waals surface area contributed by atoms with E-state index in [1.54, 1.807) is 0 Å². The Balaban J connectivity index is 1.73. The predicted molar refractivity (Wildman–Crippen MR) is 83.2 cm³/mol. The molecule has 0 aliphatic heterocycles. The van der Waals surface area contributed by atoms with Crippen molar-refractivity contribution < 1.29 is 4.42 Å². The first-order valence-electron chi connectivity index (χ1n) is 7.97. The van der Waals surface area contributed by atoms with E-state index in [9.17, 15) is 0 Å². The number of aromatic nitrogens is 1. The second kappa shape index (κ2) is 5.86. The summed E-state index contributed by atoms with van der Waals surface area (Å²) in [6, 6.07) is 6.84. The molecule has 0 radical (unpaired) electrons. The summed E-state index contributed by atoms with van der Waals surface area (Å²) in [5.41, 5.74) is 3.07. The highest BCUT2D eigenvalue weighted by atomic mass is 16.3. The van der Waals surface area contributed by atoms with Crippen LogP contribution in [-0.2, 0) is 0 Å². The van der Waals surface area contributed by atoms with Gasteiger partial charge >= 0.3 is 0 Å². The number of nitrogens with zero attached hydrogens (tertiary/aromatic N) is 1. The lowest BCUT2D eigenvalue weighted by Crippen LogP contribution is -2.18. The van der Waals surface area contributed by atoms with Crippen molar-refractivity contribution in [1.82, 2.24) is 4.98 Å². The summed E-state index contributed by atoms with van der Waals surface area (Å²) in [5, 5.41) is 3.63. The van der Waals surface area contributed by atoms with Crippen molar-refractivity contribution in [2.24, 2.45) is 0 Å². The topological polar surface area (TPSA) is 38.1 Å². The Morgan fingerprint density at radius 2 is 2.20 bits per heavy atom. The Labute approximate surface area is 120 Å². The fourth-order valence-corrected chi connectivity index (χ4v) is 2.60. The van der Waals surface area contributed by atoms with Gasteiger partial charge in [-0.3, -0.25) is 0 Å². The van der Waals surface area contributed by atoms with Gasteiger partial charge in [0, 0.05) is 17.6 Å². The van der Waals surface area contributed by atoms with E-state index >= 15 is 0 Å². The van der Waals surface area contributed by atoms with Crippen molar-refractivity contribution in [3.05, 3.63) is 24.1 Å². The van der Waals surface area contributed by atoms with Crippen LogP contribution >= 0.6 is 0 Å². The Bertz CT molecular complexity index is 571. The molecule has 20 heavy (non-hydrogen) atoms. The highest BCUT2D eigenvalue weighted by Gasteiger charge is 2.28. The molecule has 1 heterocycles. The Morgan fingerprint density at radius 1 is 1.35 bits per heavy atom. The van der Waals surface area contributed by atoms with Gasteiger partial charge in [-0.25, -0.2) is 4.98 Å². The molecule has 1 aromatic carbocycles. The molecule has 1 aliphatic carbocycles. The molecule has 108 valence electrons. The van der Waals surface area contributed by atoms with E-state index in [-0.39, 0.29) is 0 Å².